The molecule has 0 radical (unpaired) electrons. The molecule has 3 rings (SSSR count). The van der Waals surface area contributed by atoms with Gasteiger partial charge in [-0.05, 0) is 69.3 Å². The van der Waals surface area contributed by atoms with Gasteiger partial charge in [0.25, 0.3) is 0 Å². The standard InChI is InChI=1S/C20H29FN2O3/c1-14(23-19(24)20(13-25-2)7-9-22-10-8-20)16-5-6-18(17(21)11-16)26-12-15-3-4-15/h5-6,11,14-15,22H,3-4,7-10,12-13H2,1-2H3,(H,23,24). The van der Waals surface area contributed by atoms with Crippen molar-refractivity contribution in [3.8, 4) is 5.75 Å². The normalized spacial score (nSPS) is 20.4. The van der Waals surface area contributed by atoms with Gasteiger partial charge in [0.05, 0.1) is 24.7 Å². The SMILES string of the molecule is COCC1(C(=O)NC(C)c2ccc(OCC3CC3)c(F)c2)CCNCC1. The number of hydrogen-bond acceptors (Lipinski definition) is 4. The molecule has 0 spiro atoms. The molecule has 5 nitrogen and oxygen atoms in total. The van der Waals surface area contributed by atoms with Crippen LogP contribution in [-0.4, -0.2) is 39.3 Å². The lowest BCUT2D eigenvalue weighted by molar-refractivity contribution is -0.136. The monoisotopic (exact) mass is 364 g/mol. The van der Waals surface area contributed by atoms with E-state index >= 15 is 0 Å². The third kappa shape index (κ3) is 4.54. The van der Waals surface area contributed by atoms with E-state index in [2.05, 4.69) is 10.6 Å². The summed E-state index contributed by atoms with van der Waals surface area (Å²) in [5, 5.41) is 6.32. The number of ether oxygens (including phenoxy) is 2. The van der Waals surface area contributed by atoms with Crippen molar-refractivity contribution < 1.29 is 18.7 Å². The molecule has 2 fully saturated rings. The van der Waals surface area contributed by atoms with E-state index in [0.29, 0.717) is 19.1 Å². The molecule has 1 unspecified atom stereocenters. The number of piperidine rings is 1. The van der Waals surface area contributed by atoms with Crippen LogP contribution >= 0.6 is 0 Å². The van der Waals surface area contributed by atoms with Crippen LogP contribution in [0.2, 0.25) is 0 Å². The Labute approximate surface area is 154 Å². The molecule has 0 aromatic heterocycles. The van der Waals surface area contributed by atoms with Gasteiger partial charge in [0.15, 0.2) is 11.6 Å². The number of carbonyl (C=O) groups is 1. The fraction of sp³-hybridized carbons (Fsp3) is 0.650. The minimum atomic E-state index is -0.514. The molecule has 1 aliphatic heterocycles. The first-order chi connectivity index (χ1) is 12.5. The van der Waals surface area contributed by atoms with Gasteiger partial charge in [-0.25, -0.2) is 4.39 Å². The minimum absolute atomic E-state index is 0.0252. The summed E-state index contributed by atoms with van der Waals surface area (Å²) in [5.74, 6) is 0.461. The summed E-state index contributed by atoms with van der Waals surface area (Å²) < 4.78 is 25.2. The summed E-state index contributed by atoms with van der Waals surface area (Å²) in [5.41, 5.74) is 0.219. The molecule has 1 aliphatic carbocycles. The molecule has 1 saturated carbocycles. The molecule has 26 heavy (non-hydrogen) atoms. The van der Waals surface area contributed by atoms with Crippen LogP contribution in [0.3, 0.4) is 0 Å². The number of halogens is 1. The van der Waals surface area contributed by atoms with E-state index in [4.69, 9.17) is 9.47 Å². The molecule has 1 saturated heterocycles. The highest BCUT2D eigenvalue weighted by molar-refractivity contribution is 5.83. The van der Waals surface area contributed by atoms with E-state index in [1.54, 1.807) is 13.2 Å². The van der Waals surface area contributed by atoms with E-state index in [9.17, 15) is 9.18 Å². The Morgan fingerprint density at radius 3 is 2.73 bits per heavy atom. The van der Waals surface area contributed by atoms with Crippen LogP contribution in [0.15, 0.2) is 18.2 Å². The van der Waals surface area contributed by atoms with Crippen LogP contribution in [0, 0.1) is 17.2 Å². The summed E-state index contributed by atoms with van der Waals surface area (Å²) in [6, 6.07) is 4.66. The van der Waals surface area contributed by atoms with Crippen LogP contribution in [0.25, 0.3) is 0 Å². The second-order valence-corrected chi connectivity index (χ2v) is 7.60. The first-order valence-electron chi connectivity index (χ1n) is 9.47. The number of amides is 1. The van der Waals surface area contributed by atoms with Crippen molar-refractivity contribution in [1.82, 2.24) is 10.6 Å². The van der Waals surface area contributed by atoms with Gasteiger partial charge < -0.3 is 20.1 Å². The molecule has 1 aromatic rings. The molecular formula is C20H29FN2O3. The van der Waals surface area contributed by atoms with Gasteiger partial charge in [-0.3, -0.25) is 4.79 Å². The van der Waals surface area contributed by atoms with Crippen LogP contribution in [-0.2, 0) is 9.53 Å². The van der Waals surface area contributed by atoms with Gasteiger partial charge in [-0.1, -0.05) is 6.07 Å². The lowest BCUT2D eigenvalue weighted by atomic mass is 9.78. The molecule has 1 atom stereocenters. The maximum absolute atomic E-state index is 14.3. The van der Waals surface area contributed by atoms with Crippen molar-refractivity contribution in [2.45, 2.75) is 38.6 Å². The van der Waals surface area contributed by atoms with Crippen LogP contribution in [0.1, 0.15) is 44.2 Å². The van der Waals surface area contributed by atoms with E-state index in [0.717, 1.165) is 31.5 Å². The number of rotatable bonds is 8. The molecular weight excluding hydrogens is 335 g/mol. The van der Waals surface area contributed by atoms with E-state index in [1.165, 1.54) is 18.9 Å². The first kappa shape index (κ1) is 19.1. The van der Waals surface area contributed by atoms with Crippen LogP contribution in [0.4, 0.5) is 4.39 Å². The average Bonchev–Trinajstić information content (AvgIpc) is 3.46. The van der Waals surface area contributed by atoms with Gasteiger partial charge in [-0.15, -0.1) is 0 Å². The fourth-order valence-corrected chi connectivity index (χ4v) is 3.45. The Morgan fingerprint density at radius 2 is 2.12 bits per heavy atom. The lowest BCUT2D eigenvalue weighted by Gasteiger charge is -2.36. The summed E-state index contributed by atoms with van der Waals surface area (Å²) in [6.45, 7) is 4.45. The maximum atomic E-state index is 14.3. The van der Waals surface area contributed by atoms with Gasteiger partial charge in [0.2, 0.25) is 5.91 Å². The molecule has 1 heterocycles. The predicted molar refractivity (Wildman–Crippen MR) is 97.6 cm³/mol. The zero-order valence-electron chi connectivity index (χ0n) is 15.6. The summed E-state index contributed by atoms with van der Waals surface area (Å²) in [4.78, 5) is 12.9. The summed E-state index contributed by atoms with van der Waals surface area (Å²) in [7, 11) is 1.62. The predicted octanol–water partition coefficient (Wildman–Crippen LogP) is 2.81. The van der Waals surface area contributed by atoms with Crippen molar-refractivity contribution in [3.05, 3.63) is 29.6 Å². The molecule has 144 valence electrons. The lowest BCUT2D eigenvalue weighted by Crippen LogP contribution is -2.50. The molecule has 0 bridgehead atoms. The summed E-state index contributed by atoms with van der Waals surface area (Å²) in [6.07, 6.45) is 3.81. The van der Waals surface area contributed by atoms with Crippen LogP contribution < -0.4 is 15.4 Å². The van der Waals surface area contributed by atoms with Gasteiger partial charge >= 0.3 is 0 Å². The molecule has 6 heteroatoms. The Kier molecular flexibility index (Phi) is 6.14. The number of hydrogen-bond donors (Lipinski definition) is 2. The van der Waals surface area contributed by atoms with E-state index < -0.39 is 5.41 Å². The molecule has 2 N–H and O–H groups in total. The average molecular weight is 364 g/mol. The quantitative estimate of drug-likeness (QED) is 0.745. The van der Waals surface area contributed by atoms with E-state index in [-0.39, 0.29) is 23.5 Å². The highest BCUT2D eigenvalue weighted by Crippen LogP contribution is 2.32. The smallest absolute Gasteiger partial charge is 0.229 e. The molecule has 1 amide bonds. The van der Waals surface area contributed by atoms with Crippen molar-refractivity contribution in [3.63, 3.8) is 0 Å². The zero-order chi connectivity index (χ0) is 18.6. The first-order valence-corrected chi connectivity index (χ1v) is 9.47. The van der Waals surface area contributed by atoms with Gasteiger partial charge in [0, 0.05) is 7.11 Å². The van der Waals surface area contributed by atoms with Crippen molar-refractivity contribution in [2.24, 2.45) is 11.3 Å². The van der Waals surface area contributed by atoms with E-state index in [1.807, 2.05) is 13.0 Å². The third-order valence-corrected chi connectivity index (χ3v) is 5.44. The maximum Gasteiger partial charge on any atom is 0.229 e. The molecule has 2 aliphatic rings. The van der Waals surface area contributed by atoms with Crippen molar-refractivity contribution in [1.29, 1.82) is 0 Å². The Balaban J connectivity index is 1.63. The highest BCUT2D eigenvalue weighted by atomic mass is 19.1. The largest absolute Gasteiger partial charge is 0.490 e. The Hall–Kier alpha value is -1.66. The van der Waals surface area contributed by atoms with Gasteiger partial charge in [-0.2, -0.15) is 0 Å². The zero-order valence-corrected chi connectivity index (χ0v) is 15.6. The molecule has 1 aromatic carbocycles. The second-order valence-electron chi connectivity index (χ2n) is 7.60. The highest BCUT2D eigenvalue weighted by Gasteiger charge is 2.40. The number of benzene rings is 1. The number of methoxy groups -OCH3 is 1. The Bertz CT molecular complexity index is 622. The topological polar surface area (TPSA) is 59.6 Å². The van der Waals surface area contributed by atoms with Gasteiger partial charge in [0.1, 0.15) is 0 Å². The fourth-order valence-electron chi connectivity index (χ4n) is 3.45. The Morgan fingerprint density at radius 1 is 1.38 bits per heavy atom. The van der Waals surface area contributed by atoms with Crippen LogP contribution in [0.5, 0.6) is 5.75 Å². The summed E-state index contributed by atoms with van der Waals surface area (Å²) >= 11 is 0. The number of carbonyl (C=O) groups excluding carboxylic acids is 1. The van der Waals surface area contributed by atoms with Crippen molar-refractivity contribution in [2.75, 3.05) is 33.4 Å². The number of nitrogens with one attached hydrogen (secondary N) is 2. The third-order valence-electron chi connectivity index (χ3n) is 5.44. The second kappa shape index (κ2) is 8.35. The minimum Gasteiger partial charge on any atom is -0.490 e. The van der Waals surface area contributed by atoms with Crippen molar-refractivity contribution >= 4 is 5.91 Å².